The van der Waals surface area contributed by atoms with E-state index in [0.717, 1.165) is 56.0 Å². The van der Waals surface area contributed by atoms with Crippen LogP contribution in [0.1, 0.15) is 41.5 Å². The fraction of sp³-hybridized carbons (Fsp3) is 0.706. The number of aryl methyl sites for hydroxylation is 1. The van der Waals surface area contributed by atoms with Crippen molar-refractivity contribution in [2.45, 2.75) is 40.2 Å². The summed E-state index contributed by atoms with van der Waals surface area (Å²) in [5, 5.41) is 12.2. The summed E-state index contributed by atoms with van der Waals surface area (Å²) in [7, 11) is 0. The number of aliphatic hydroxyl groups excluding tert-OH is 1. The van der Waals surface area contributed by atoms with Crippen molar-refractivity contribution < 1.29 is 9.90 Å². The SMILES string of the molecule is CCn1c(C)cc(C(=O)NCCN2CCC(CO)CC2)c1C. The number of hydrogen-bond acceptors (Lipinski definition) is 3. The Morgan fingerprint density at radius 1 is 1.36 bits per heavy atom. The van der Waals surface area contributed by atoms with Crippen LogP contribution in [0, 0.1) is 19.8 Å². The molecule has 0 saturated carbocycles. The maximum atomic E-state index is 12.3. The first-order valence-electron chi connectivity index (χ1n) is 8.35. The average molecular weight is 307 g/mol. The van der Waals surface area contributed by atoms with Crippen LogP contribution in [0.4, 0.5) is 0 Å². The van der Waals surface area contributed by atoms with Crippen molar-refractivity contribution in [3.8, 4) is 0 Å². The summed E-state index contributed by atoms with van der Waals surface area (Å²) < 4.78 is 2.16. The molecule has 1 fully saturated rings. The summed E-state index contributed by atoms with van der Waals surface area (Å²) in [6, 6.07) is 1.97. The Morgan fingerprint density at radius 2 is 2.05 bits per heavy atom. The van der Waals surface area contributed by atoms with Gasteiger partial charge in [0.1, 0.15) is 0 Å². The first-order chi connectivity index (χ1) is 10.6. The van der Waals surface area contributed by atoms with Crippen LogP contribution in [0.25, 0.3) is 0 Å². The lowest BCUT2D eigenvalue weighted by Gasteiger charge is -2.30. The molecule has 1 saturated heterocycles. The summed E-state index contributed by atoms with van der Waals surface area (Å²) in [6.45, 7) is 10.9. The summed E-state index contributed by atoms with van der Waals surface area (Å²) >= 11 is 0. The van der Waals surface area contributed by atoms with E-state index in [-0.39, 0.29) is 5.91 Å². The van der Waals surface area contributed by atoms with Crippen molar-refractivity contribution in [1.29, 1.82) is 0 Å². The molecular weight excluding hydrogens is 278 g/mol. The first kappa shape index (κ1) is 17.0. The fourth-order valence-electron chi connectivity index (χ4n) is 3.33. The lowest BCUT2D eigenvalue weighted by molar-refractivity contribution is 0.0938. The summed E-state index contributed by atoms with van der Waals surface area (Å²) in [4.78, 5) is 14.7. The van der Waals surface area contributed by atoms with Crippen LogP contribution in [-0.4, -0.2) is 53.3 Å². The molecule has 22 heavy (non-hydrogen) atoms. The van der Waals surface area contributed by atoms with Gasteiger partial charge in [-0.25, -0.2) is 0 Å². The highest BCUT2D eigenvalue weighted by molar-refractivity contribution is 5.95. The molecule has 0 aromatic carbocycles. The number of hydrogen-bond donors (Lipinski definition) is 2. The van der Waals surface area contributed by atoms with Crippen LogP contribution < -0.4 is 5.32 Å². The molecule has 0 unspecified atom stereocenters. The second-order valence-corrected chi connectivity index (χ2v) is 6.25. The van der Waals surface area contributed by atoms with Crippen LogP contribution in [0.3, 0.4) is 0 Å². The maximum Gasteiger partial charge on any atom is 0.253 e. The minimum atomic E-state index is 0.0260. The number of nitrogens with one attached hydrogen (secondary N) is 1. The van der Waals surface area contributed by atoms with Crippen molar-refractivity contribution >= 4 is 5.91 Å². The van der Waals surface area contributed by atoms with Gasteiger partial charge in [-0.05, 0) is 58.7 Å². The molecule has 0 bridgehead atoms. The predicted octanol–water partition coefficient (Wildman–Crippen LogP) is 1.56. The zero-order chi connectivity index (χ0) is 16.1. The average Bonchev–Trinajstić information content (AvgIpc) is 2.82. The van der Waals surface area contributed by atoms with Gasteiger partial charge in [0.25, 0.3) is 5.91 Å². The minimum Gasteiger partial charge on any atom is -0.396 e. The van der Waals surface area contributed by atoms with Gasteiger partial charge in [-0.15, -0.1) is 0 Å². The maximum absolute atomic E-state index is 12.3. The van der Waals surface area contributed by atoms with Gasteiger partial charge >= 0.3 is 0 Å². The molecule has 0 atom stereocenters. The molecule has 1 aromatic rings. The highest BCUT2D eigenvalue weighted by Gasteiger charge is 2.19. The number of carbonyl (C=O) groups is 1. The zero-order valence-electron chi connectivity index (χ0n) is 14.1. The molecule has 2 N–H and O–H groups in total. The topological polar surface area (TPSA) is 57.5 Å². The largest absolute Gasteiger partial charge is 0.396 e. The molecule has 1 aromatic heterocycles. The van der Waals surface area contributed by atoms with Crippen molar-refractivity contribution in [3.63, 3.8) is 0 Å². The van der Waals surface area contributed by atoms with Crippen LogP contribution in [0.15, 0.2) is 6.07 Å². The van der Waals surface area contributed by atoms with Crippen molar-refractivity contribution in [2.75, 3.05) is 32.8 Å². The van der Waals surface area contributed by atoms with Crippen molar-refractivity contribution in [3.05, 3.63) is 23.0 Å². The molecule has 0 spiro atoms. The van der Waals surface area contributed by atoms with E-state index in [4.69, 9.17) is 5.11 Å². The van der Waals surface area contributed by atoms with Gasteiger partial charge in [0, 0.05) is 37.6 Å². The molecule has 0 aliphatic carbocycles. The number of nitrogens with zero attached hydrogens (tertiary/aromatic N) is 2. The molecule has 1 amide bonds. The number of carbonyl (C=O) groups excluding carboxylic acids is 1. The first-order valence-corrected chi connectivity index (χ1v) is 8.35. The van der Waals surface area contributed by atoms with E-state index in [1.54, 1.807) is 0 Å². The summed E-state index contributed by atoms with van der Waals surface area (Å²) in [6.07, 6.45) is 2.12. The third kappa shape index (κ3) is 3.90. The Balaban J connectivity index is 1.79. The fourth-order valence-corrected chi connectivity index (χ4v) is 3.33. The van der Waals surface area contributed by atoms with E-state index in [9.17, 15) is 4.79 Å². The third-order valence-corrected chi connectivity index (χ3v) is 4.81. The monoisotopic (exact) mass is 307 g/mol. The van der Waals surface area contributed by atoms with Gasteiger partial charge in [0.05, 0.1) is 5.56 Å². The van der Waals surface area contributed by atoms with Gasteiger partial charge < -0.3 is 19.9 Å². The van der Waals surface area contributed by atoms with E-state index >= 15 is 0 Å². The molecule has 2 heterocycles. The smallest absolute Gasteiger partial charge is 0.253 e. The molecular formula is C17H29N3O2. The Hall–Kier alpha value is -1.33. The molecule has 1 aliphatic rings. The van der Waals surface area contributed by atoms with Crippen LogP contribution in [0.5, 0.6) is 0 Å². The normalized spacial score (nSPS) is 16.9. The van der Waals surface area contributed by atoms with E-state index in [1.807, 2.05) is 19.9 Å². The second-order valence-electron chi connectivity index (χ2n) is 6.25. The molecule has 0 radical (unpaired) electrons. The van der Waals surface area contributed by atoms with Crippen LogP contribution in [-0.2, 0) is 6.54 Å². The number of piperidine rings is 1. The van der Waals surface area contributed by atoms with Crippen LogP contribution >= 0.6 is 0 Å². The quantitative estimate of drug-likeness (QED) is 0.838. The van der Waals surface area contributed by atoms with E-state index in [0.29, 0.717) is 19.1 Å². The van der Waals surface area contributed by atoms with E-state index in [1.165, 1.54) is 0 Å². The molecule has 5 heteroatoms. The Morgan fingerprint density at radius 3 is 2.59 bits per heavy atom. The van der Waals surface area contributed by atoms with Crippen LogP contribution in [0.2, 0.25) is 0 Å². The second kappa shape index (κ2) is 7.79. The van der Waals surface area contributed by atoms with Gasteiger partial charge in [0.2, 0.25) is 0 Å². The Kier molecular flexibility index (Phi) is 6.03. The lowest BCUT2D eigenvalue weighted by Crippen LogP contribution is -2.40. The molecule has 1 aliphatic heterocycles. The number of amides is 1. The standard InChI is InChI=1S/C17H29N3O2/c1-4-20-13(2)11-16(14(20)3)17(22)18-7-10-19-8-5-15(12-21)6-9-19/h11,15,21H,4-10,12H2,1-3H3,(H,18,22). The minimum absolute atomic E-state index is 0.0260. The number of rotatable bonds is 6. The van der Waals surface area contributed by atoms with Crippen molar-refractivity contribution in [1.82, 2.24) is 14.8 Å². The summed E-state index contributed by atoms with van der Waals surface area (Å²) in [5.41, 5.74) is 2.97. The van der Waals surface area contributed by atoms with Gasteiger partial charge in [-0.2, -0.15) is 0 Å². The Bertz CT molecular complexity index is 502. The zero-order valence-corrected chi connectivity index (χ0v) is 14.1. The number of aliphatic hydroxyl groups is 1. The highest BCUT2D eigenvalue weighted by Crippen LogP contribution is 2.16. The van der Waals surface area contributed by atoms with E-state index < -0.39 is 0 Å². The van der Waals surface area contributed by atoms with Gasteiger partial charge in [-0.3, -0.25) is 4.79 Å². The molecule has 5 nitrogen and oxygen atoms in total. The number of aromatic nitrogens is 1. The van der Waals surface area contributed by atoms with Crippen molar-refractivity contribution in [2.24, 2.45) is 5.92 Å². The predicted molar refractivity (Wildman–Crippen MR) is 88.2 cm³/mol. The molecule has 2 rings (SSSR count). The van der Waals surface area contributed by atoms with E-state index in [2.05, 4.69) is 21.7 Å². The van der Waals surface area contributed by atoms with Gasteiger partial charge in [-0.1, -0.05) is 0 Å². The highest BCUT2D eigenvalue weighted by atomic mass is 16.3. The van der Waals surface area contributed by atoms with Gasteiger partial charge in [0.15, 0.2) is 0 Å². The number of likely N-dealkylation sites (tertiary alicyclic amines) is 1. The Labute approximate surface area is 133 Å². The summed E-state index contributed by atoms with van der Waals surface area (Å²) in [5.74, 6) is 0.489. The lowest BCUT2D eigenvalue weighted by atomic mass is 9.98. The third-order valence-electron chi connectivity index (χ3n) is 4.81. The molecule has 124 valence electrons.